The molecule has 0 unspecified atom stereocenters. The Morgan fingerprint density at radius 2 is 2.00 bits per heavy atom. The number of aryl methyl sites for hydroxylation is 2. The number of rotatable bonds is 6. The Morgan fingerprint density at radius 1 is 1.33 bits per heavy atom. The van der Waals surface area contributed by atoms with E-state index in [1.807, 2.05) is 13.0 Å². The summed E-state index contributed by atoms with van der Waals surface area (Å²) in [6.45, 7) is 6.00. The van der Waals surface area contributed by atoms with Gasteiger partial charge in [-0.25, -0.2) is 4.98 Å². The molecule has 0 aliphatic carbocycles. The summed E-state index contributed by atoms with van der Waals surface area (Å²) in [5.74, 6) is 0.549. The summed E-state index contributed by atoms with van der Waals surface area (Å²) in [6, 6.07) is 7.03. The number of nitrogens with zero attached hydrogens (tertiary/aromatic N) is 3. The number of imidazole rings is 1. The number of amides is 1. The zero-order valence-corrected chi connectivity index (χ0v) is 15.1. The van der Waals surface area contributed by atoms with Crippen LogP contribution in [0, 0.1) is 6.92 Å². The molecule has 1 aromatic carbocycles. The van der Waals surface area contributed by atoms with E-state index in [2.05, 4.69) is 9.71 Å². The van der Waals surface area contributed by atoms with Crippen molar-refractivity contribution < 1.29 is 13.2 Å². The minimum Gasteiger partial charge on any atom is -0.339 e. The third-order valence-electron chi connectivity index (χ3n) is 3.81. The highest BCUT2D eigenvalue weighted by atomic mass is 32.2. The van der Waals surface area contributed by atoms with Crippen LogP contribution in [0.1, 0.15) is 25.2 Å². The summed E-state index contributed by atoms with van der Waals surface area (Å²) in [5, 5.41) is -0.0313. The van der Waals surface area contributed by atoms with E-state index in [0.29, 0.717) is 24.6 Å². The minimum absolute atomic E-state index is 0.0313. The highest BCUT2D eigenvalue weighted by Gasteiger charge is 2.20. The molecule has 1 amide bonds. The normalized spacial score (nSPS) is 11.3. The van der Waals surface area contributed by atoms with Gasteiger partial charge in [-0.05, 0) is 25.5 Å². The molecule has 1 heterocycles. The van der Waals surface area contributed by atoms with Gasteiger partial charge in [0.1, 0.15) is 5.82 Å². The summed E-state index contributed by atoms with van der Waals surface area (Å²) in [5.41, 5.74) is 1.17. The fourth-order valence-electron chi connectivity index (χ4n) is 2.26. The van der Waals surface area contributed by atoms with Crippen LogP contribution in [0.25, 0.3) is 0 Å². The first-order valence-electron chi connectivity index (χ1n) is 7.60. The van der Waals surface area contributed by atoms with Crippen LogP contribution in [0.5, 0.6) is 0 Å². The number of aromatic nitrogens is 2. The van der Waals surface area contributed by atoms with Gasteiger partial charge in [0.15, 0.2) is 5.03 Å². The molecule has 0 aliphatic rings. The van der Waals surface area contributed by atoms with Crippen LogP contribution in [-0.2, 0) is 28.4 Å². The van der Waals surface area contributed by atoms with Gasteiger partial charge in [-0.15, -0.1) is 0 Å². The van der Waals surface area contributed by atoms with E-state index in [1.165, 1.54) is 13.1 Å². The first-order valence-corrected chi connectivity index (χ1v) is 9.09. The molecule has 2 aromatic rings. The van der Waals surface area contributed by atoms with Gasteiger partial charge >= 0.3 is 0 Å². The van der Waals surface area contributed by atoms with Gasteiger partial charge in [-0.2, -0.15) is 8.42 Å². The zero-order valence-electron chi connectivity index (χ0n) is 14.3. The first-order chi connectivity index (χ1) is 11.2. The molecule has 0 aliphatic heterocycles. The molecule has 0 saturated carbocycles. The summed E-state index contributed by atoms with van der Waals surface area (Å²) in [6.07, 6.45) is 1.47. The Labute approximate surface area is 142 Å². The van der Waals surface area contributed by atoms with Crippen LogP contribution in [0.3, 0.4) is 0 Å². The quantitative estimate of drug-likeness (QED) is 0.862. The molecule has 0 bridgehead atoms. The number of hydrogen-bond acceptors (Lipinski definition) is 4. The van der Waals surface area contributed by atoms with Crippen LogP contribution in [0.2, 0.25) is 0 Å². The van der Waals surface area contributed by atoms with Gasteiger partial charge in [-0.3, -0.25) is 9.52 Å². The maximum atomic E-state index is 12.5. The fourth-order valence-corrected chi connectivity index (χ4v) is 3.40. The number of carbonyl (C=O) groups excluding carboxylic acids is 1. The molecule has 0 radical (unpaired) electrons. The lowest BCUT2D eigenvalue weighted by Crippen LogP contribution is -2.28. The summed E-state index contributed by atoms with van der Waals surface area (Å²) < 4.78 is 29.3. The summed E-state index contributed by atoms with van der Waals surface area (Å²) >= 11 is 0. The maximum Gasteiger partial charge on any atom is 0.280 e. The number of anilines is 1. The van der Waals surface area contributed by atoms with Gasteiger partial charge in [0, 0.05) is 33.3 Å². The van der Waals surface area contributed by atoms with Crippen molar-refractivity contribution in [2.75, 3.05) is 11.3 Å². The average molecular weight is 350 g/mol. The molecule has 1 aromatic heterocycles. The standard InChI is InChI=1S/C16H22N4O3S/c1-5-20(13(3)21)10-14-8-6-7-9-15(14)18-24(22,23)16-11-19(4)12(2)17-16/h6-9,11,18H,5,10H2,1-4H3. The number of hydrogen-bond donors (Lipinski definition) is 1. The molecule has 2 rings (SSSR count). The van der Waals surface area contributed by atoms with E-state index in [4.69, 9.17) is 0 Å². The van der Waals surface area contributed by atoms with Crippen molar-refractivity contribution in [1.29, 1.82) is 0 Å². The second-order valence-electron chi connectivity index (χ2n) is 5.53. The van der Waals surface area contributed by atoms with Crippen molar-refractivity contribution in [3.05, 3.63) is 41.9 Å². The topological polar surface area (TPSA) is 84.3 Å². The molecular formula is C16H22N4O3S. The zero-order chi connectivity index (χ0) is 17.9. The van der Waals surface area contributed by atoms with E-state index in [0.717, 1.165) is 5.56 Å². The average Bonchev–Trinajstić information content (AvgIpc) is 2.86. The Bertz CT molecular complexity index is 823. The molecule has 0 saturated heterocycles. The van der Waals surface area contributed by atoms with Crippen molar-refractivity contribution in [2.45, 2.75) is 32.3 Å². The first kappa shape index (κ1) is 18.0. The number of para-hydroxylation sites is 1. The van der Waals surface area contributed by atoms with E-state index in [1.54, 1.807) is 41.6 Å². The van der Waals surface area contributed by atoms with Gasteiger partial charge in [0.05, 0.1) is 5.69 Å². The fraction of sp³-hybridized carbons (Fsp3) is 0.375. The van der Waals surface area contributed by atoms with Gasteiger partial charge in [-0.1, -0.05) is 18.2 Å². The van der Waals surface area contributed by atoms with E-state index in [9.17, 15) is 13.2 Å². The van der Waals surface area contributed by atoms with Crippen molar-refractivity contribution in [1.82, 2.24) is 14.5 Å². The Kier molecular flexibility index (Phi) is 5.28. The smallest absolute Gasteiger partial charge is 0.280 e. The van der Waals surface area contributed by atoms with E-state index in [-0.39, 0.29) is 10.9 Å². The van der Waals surface area contributed by atoms with Gasteiger partial charge < -0.3 is 9.47 Å². The van der Waals surface area contributed by atoms with Crippen molar-refractivity contribution >= 4 is 21.6 Å². The van der Waals surface area contributed by atoms with Crippen LogP contribution < -0.4 is 4.72 Å². The molecular weight excluding hydrogens is 328 g/mol. The van der Waals surface area contributed by atoms with Crippen LogP contribution >= 0.6 is 0 Å². The summed E-state index contributed by atoms with van der Waals surface area (Å²) in [4.78, 5) is 17.3. The lowest BCUT2D eigenvalue weighted by molar-refractivity contribution is -0.129. The molecule has 24 heavy (non-hydrogen) atoms. The van der Waals surface area contributed by atoms with Crippen molar-refractivity contribution in [2.24, 2.45) is 7.05 Å². The number of nitrogens with one attached hydrogen (secondary N) is 1. The number of sulfonamides is 1. The van der Waals surface area contributed by atoms with E-state index < -0.39 is 10.0 Å². The third-order valence-corrected chi connectivity index (χ3v) is 5.05. The minimum atomic E-state index is -3.79. The van der Waals surface area contributed by atoms with Crippen molar-refractivity contribution in [3.8, 4) is 0 Å². The lowest BCUT2D eigenvalue weighted by Gasteiger charge is -2.21. The van der Waals surface area contributed by atoms with Crippen LogP contribution in [0.4, 0.5) is 5.69 Å². The molecule has 8 heteroatoms. The van der Waals surface area contributed by atoms with Crippen LogP contribution in [0.15, 0.2) is 35.5 Å². The molecule has 0 fully saturated rings. The predicted octanol–water partition coefficient (Wildman–Crippen LogP) is 1.90. The van der Waals surface area contributed by atoms with Crippen molar-refractivity contribution in [3.63, 3.8) is 0 Å². The monoisotopic (exact) mass is 350 g/mol. The Balaban J connectivity index is 2.31. The Hall–Kier alpha value is -2.35. The Morgan fingerprint density at radius 3 is 2.54 bits per heavy atom. The second-order valence-corrected chi connectivity index (χ2v) is 7.16. The molecule has 130 valence electrons. The van der Waals surface area contributed by atoms with E-state index >= 15 is 0 Å². The molecule has 7 nitrogen and oxygen atoms in total. The number of carbonyl (C=O) groups is 1. The predicted molar refractivity (Wildman–Crippen MR) is 92.0 cm³/mol. The highest BCUT2D eigenvalue weighted by molar-refractivity contribution is 7.92. The molecule has 1 N–H and O–H groups in total. The van der Waals surface area contributed by atoms with Gasteiger partial charge in [0.2, 0.25) is 5.91 Å². The highest BCUT2D eigenvalue weighted by Crippen LogP contribution is 2.21. The molecule has 0 atom stereocenters. The summed E-state index contributed by atoms with van der Waals surface area (Å²) in [7, 11) is -2.05. The second kappa shape index (κ2) is 7.04. The SMILES string of the molecule is CCN(Cc1ccccc1NS(=O)(=O)c1cn(C)c(C)n1)C(C)=O. The third kappa shape index (κ3) is 3.94. The maximum absolute atomic E-state index is 12.5. The number of benzene rings is 1. The largest absolute Gasteiger partial charge is 0.339 e. The lowest BCUT2D eigenvalue weighted by atomic mass is 10.1. The van der Waals surface area contributed by atoms with Gasteiger partial charge in [0.25, 0.3) is 10.0 Å². The van der Waals surface area contributed by atoms with Crippen LogP contribution in [-0.4, -0.2) is 35.3 Å². The molecule has 0 spiro atoms.